The molecule has 8 heteroatoms. The Balaban J connectivity index is 1.83. The quantitative estimate of drug-likeness (QED) is 0.690. The van der Waals surface area contributed by atoms with Crippen molar-refractivity contribution in [2.45, 2.75) is 44.6 Å². The number of nitrogens with two attached hydrogens (primary N) is 1. The van der Waals surface area contributed by atoms with E-state index in [1.807, 2.05) is 6.92 Å². The number of aromatic nitrogens is 2. The standard InChI is InChI=1S/C19H21F4N3O/c1-19(24,12-3-2-4-12)10-27-15-6-5-13(26-16(15)18(22)23)11-7-8-25-14(9-11)17(20)21/h5-9,12,17-18H,2-4,10,24H2,1H3. The lowest BCUT2D eigenvalue weighted by Gasteiger charge is -2.39. The second-order valence-electron chi connectivity index (χ2n) is 7.07. The zero-order valence-corrected chi connectivity index (χ0v) is 14.8. The van der Waals surface area contributed by atoms with Crippen LogP contribution in [-0.2, 0) is 0 Å². The molecule has 1 unspecified atom stereocenters. The number of pyridine rings is 2. The lowest BCUT2D eigenvalue weighted by atomic mass is 9.72. The average molecular weight is 383 g/mol. The molecular weight excluding hydrogens is 362 g/mol. The molecule has 2 aromatic heterocycles. The first kappa shape index (κ1) is 19.5. The summed E-state index contributed by atoms with van der Waals surface area (Å²) in [7, 11) is 0. The summed E-state index contributed by atoms with van der Waals surface area (Å²) in [5, 5.41) is 0. The van der Waals surface area contributed by atoms with Gasteiger partial charge in [0.1, 0.15) is 23.7 Å². The molecule has 0 aliphatic heterocycles. The molecule has 1 saturated carbocycles. The van der Waals surface area contributed by atoms with Gasteiger partial charge in [0, 0.05) is 11.8 Å². The van der Waals surface area contributed by atoms with Crippen LogP contribution in [0.3, 0.4) is 0 Å². The highest BCUT2D eigenvalue weighted by atomic mass is 19.3. The lowest BCUT2D eigenvalue weighted by Crippen LogP contribution is -2.51. The van der Waals surface area contributed by atoms with Crippen LogP contribution in [-0.4, -0.2) is 22.1 Å². The molecule has 2 N–H and O–H groups in total. The fraction of sp³-hybridized carbons (Fsp3) is 0.474. The molecule has 2 heterocycles. The number of hydrogen-bond acceptors (Lipinski definition) is 4. The Morgan fingerprint density at radius 3 is 2.52 bits per heavy atom. The second kappa shape index (κ2) is 7.80. The van der Waals surface area contributed by atoms with Crippen LogP contribution in [0.2, 0.25) is 0 Å². The van der Waals surface area contributed by atoms with Gasteiger partial charge in [0.05, 0.1) is 11.2 Å². The number of alkyl halides is 4. The van der Waals surface area contributed by atoms with Gasteiger partial charge in [-0.3, -0.25) is 4.98 Å². The predicted molar refractivity (Wildman–Crippen MR) is 92.8 cm³/mol. The zero-order valence-electron chi connectivity index (χ0n) is 14.8. The SMILES string of the molecule is CC(N)(COc1ccc(-c2ccnc(C(F)F)c2)nc1C(F)F)C1CCC1. The molecule has 1 aliphatic carbocycles. The van der Waals surface area contributed by atoms with Crippen molar-refractivity contribution in [3.8, 4) is 17.0 Å². The summed E-state index contributed by atoms with van der Waals surface area (Å²) in [6, 6.07) is 5.42. The van der Waals surface area contributed by atoms with Gasteiger partial charge in [0.15, 0.2) is 0 Å². The van der Waals surface area contributed by atoms with E-state index in [-0.39, 0.29) is 23.6 Å². The summed E-state index contributed by atoms with van der Waals surface area (Å²) in [5.74, 6) is 0.261. The first-order chi connectivity index (χ1) is 12.8. The van der Waals surface area contributed by atoms with Crippen molar-refractivity contribution in [1.29, 1.82) is 0 Å². The first-order valence-corrected chi connectivity index (χ1v) is 8.73. The highest BCUT2D eigenvalue weighted by molar-refractivity contribution is 5.60. The molecule has 0 aromatic carbocycles. The van der Waals surface area contributed by atoms with Crippen LogP contribution in [0.5, 0.6) is 5.75 Å². The highest BCUT2D eigenvalue weighted by Crippen LogP contribution is 2.36. The average Bonchev–Trinajstić information content (AvgIpc) is 2.58. The Morgan fingerprint density at radius 2 is 1.93 bits per heavy atom. The van der Waals surface area contributed by atoms with E-state index in [1.54, 1.807) is 0 Å². The Labute approximate surface area is 154 Å². The molecule has 1 atom stereocenters. The van der Waals surface area contributed by atoms with Gasteiger partial charge in [-0.05, 0) is 49.9 Å². The molecular formula is C19H21F4N3O. The van der Waals surface area contributed by atoms with Gasteiger partial charge < -0.3 is 10.5 Å². The third-order valence-electron chi connectivity index (χ3n) is 4.97. The molecule has 2 aromatic rings. The monoisotopic (exact) mass is 383 g/mol. The summed E-state index contributed by atoms with van der Waals surface area (Å²) in [5.41, 5.74) is 5.11. The lowest BCUT2D eigenvalue weighted by molar-refractivity contribution is 0.107. The Kier molecular flexibility index (Phi) is 5.64. The number of ether oxygens (including phenoxy) is 1. The molecule has 0 saturated heterocycles. The van der Waals surface area contributed by atoms with Gasteiger partial charge >= 0.3 is 0 Å². The maximum Gasteiger partial charge on any atom is 0.284 e. The third kappa shape index (κ3) is 4.37. The fourth-order valence-electron chi connectivity index (χ4n) is 3.05. The summed E-state index contributed by atoms with van der Waals surface area (Å²) in [6.07, 6.45) is -1.31. The van der Waals surface area contributed by atoms with Crippen molar-refractivity contribution in [1.82, 2.24) is 9.97 Å². The van der Waals surface area contributed by atoms with Gasteiger partial charge in [-0.2, -0.15) is 0 Å². The minimum atomic E-state index is -2.87. The zero-order chi connectivity index (χ0) is 19.6. The van der Waals surface area contributed by atoms with Crippen molar-refractivity contribution in [3.05, 3.63) is 41.9 Å². The Hall–Kier alpha value is -2.22. The van der Waals surface area contributed by atoms with E-state index in [0.29, 0.717) is 5.92 Å². The summed E-state index contributed by atoms with van der Waals surface area (Å²) in [6.45, 7) is 1.95. The van der Waals surface area contributed by atoms with Crippen molar-refractivity contribution in [2.24, 2.45) is 11.7 Å². The van der Waals surface area contributed by atoms with E-state index in [4.69, 9.17) is 10.5 Å². The van der Waals surface area contributed by atoms with E-state index in [2.05, 4.69) is 9.97 Å². The van der Waals surface area contributed by atoms with E-state index in [9.17, 15) is 17.6 Å². The predicted octanol–water partition coefficient (Wildman–Crippen LogP) is 4.92. The van der Waals surface area contributed by atoms with Crippen LogP contribution in [0.15, 0.2) is 30.5 Å². The van der Waals surface area contributed by atoms with Gasteiger partial charge in [-0.25, -0.2) is 22.5 Å². The largest absolute Gasteiger partial charge is 0.490 e. The number of halogens is 4. The Bertz CT molecular complexity index is 794. The molecule has 27 heavy (non-hydrogen) atoms. The highest BCUT2D eigenvalue weighted by Gasteiger charge is 2.35. The van der Waals surface area contributed by atoms with Crippen molar-refractivity contribution < 1.29 is 22.3 Å². The van der Waals surface area contributed by atoms with Gasteiger partial charge in [-0.1, -0.05) is 6.42 Å². The van der Waals surface area contributed by atoms with Crippen LogP contribution in [0.4, 0.5) is 17.6 Å². The fourth-order valence-corrected chi connectivity index (χ4v) is 3.05. The summed E-state index contributed by atoms with van der Waals surface area (Å²) >= 11 is 0. The van der Waals surface area contributed by atoms with E-state index >= 15 is 0 Å². The van der Waals surface area contributed by atoms with E-state index in [1.165, 1.54) is 24.4 Å². The minimum absolute atomic E-state index is 0.0483. The smallest absolute Gasteiger partial charge is 0.284 e. The molecule has 0 radical (unpaired) electrons. The first-order valence-electron chi connectivity index (χ1n) is 8.73. The molecule has 146 valence electrons. The normalized spacial score (nSPS) is 17.0. The Morgan fingerprint density at radius 1 is 1.19 bits per heavy atom. The van der Waals surface area contributed by atoms with Gasteiger partial charge in [0.25, 0.3) is 12.9 Å². The molecule has 0 amide bonds. The van der Waals surface area contributed by atoms with E-state index in [0.717, 1.165) is 25.3 Å². The van der Waals surface area contributed by atoms with Crippen LogP contribution in [0.1, 0.15) is 50.4 Å². The maximum atomic E-state index is 13.5. The minimum Gasteiger partial charge on any atom is -0.490 e. The number of nitrogens with zero attached hydrogens (tertiary/aromatic N) is 2. The number of rotatable bonds is 7. The molecule has 1 fully saturated rings. The molecule has 0 bridgehead atoms. The maximum absolute atomic E-state index is 13.5. The molecule has 0 spiro atoms. The van der Waals surface area contributed by atoms with Crippen LogP contribution in [0.25, 0.3) is 11.3 Å². The van der Waals surface area contributed by atoms with Crippen LogP contribution >= 0.6 is 0 Å². The third-order valence-corrected chi connectivity index (χ3v) is 4.97. The van der Waals surface area contributed by atoms with Crippen LogP contribution < -0.4 is 10.5 Å². The van der Waals surface area contributed by atoms with Gasteiger partial charge in [0.2, 0.25) is 0 Å². The van der Waals surface area contributed by atoms with Crippen molar-refractivity contribution >= 4 is 0 Å². The van der Waals surface area contributed by atoms with Crippen molar-refractivity contribution in [2.75, 3.05) is 6.61 Å². The summed E-state index contributed by atoms with van der Waals surface area (Å²) < 4.78 is 58.2. The second-order valence-corrected chi connectivity index (χ2v) is 7.07. The number of hydrogen-bond donors (Lipinski definition) is 1. The molecule has 3 rings (SSSR count). The van der Waals surface area contributed by atoms with E-state index < -0.39 is 29.8 Å². The molecule has 1 aliphatic rings. The van der Waals surface area contributed by atoms with Gasteiger partial charge in [-0.15, -0.1) is 0 Å². The summed E-state index contributed by atoms with van der Waals surface area (Å²) in [4.78, 5) is 7.50. The van der Waals surface area contributed by atoms with Crippen LogP contribution in [0, 0.1) is 5.92 Å². The molecule has 4 nitrogen and oxygen atoms in total. The topological polar surface area (TPSA) is 61.0 Å². The van der Waals surface area contributed by atoms with Crippen molar-refractivity contribution in [3.63, 3.8) is 0 Å².